The first-order valence-corrected chi connectivity index (χ1v) is 6.84. The van der Waals surface area contributed by atoms with Crippen LogP contribution in [0.1, 0.15) is 36.0 Å². The quantitative estimate of drug-likeness (QED) is 0.790. The summed E-state index contributed by atoms with van der Waals surface area (Å²) in [5.41, 5.74) is 2.03. The van der Waals surface area contributed by atoms with Crippen LogP contribution in [0.25, 0.3) is 10.9 Å². The van der Waals surface area contributed by atoms with Crippen LogP contribution in [0.2, 0.25) is 0 Å². The summed E-state index contributed by atoms with van der Waals surface area (Å²) in [6, 6.07) is 7.98. The lowest BCUT2D eigenvalue weighted by molar-refractivity contribution is 0.282. The lowest BCUT2D eigenvalue weighted by Crippen LogP contribution is -1.98. The lowest BCUT2D eigenvalue weighted by Gasteiger charge is -2.02. The number of rotatable bonds is 4. The van der Waals surface area contributed by atoms with Crippen LogP contribution < -0.4 is 0 Å². The van der Waals surface area contributed by atoms with E-state index < -0.39 is 0 Å². The van der Waals surface area contributed by atoms with E-state index in [1.165, 1.54) is 12.8 Å². The maximum absolute atomic E-state index is 9.16. The van der Waals surface area contributed by atoms with Crippen LogP contribution in [0.15, 0.2) is 35.0 Å². The molecule has 3 aromatic rings. The average Bonchev–Trinajstić information content (AvgIpc) is 3.10. The molecule has 1 aromatic carbocycles. The van der Waals surface area contributed by atoms with Crippen LogP contribution in [0, 0.1) is 0 Å². The van der Waals surface area contributed by atoms with Gasteiger partial charge in [-0.15, -0.1) is 0 Å². The van der Waals surface area contributed by atoms with Gasteiger partial charge in [0.05, 0.1) is 6.61 Å². The first-order valence-electron chi connectivity index (χ1n) is 6.84. The van der Waals surface area contributed by atoms with Crippen molar-refractivity contribution >= 4 is 10.9 Å². The van der Waals surface area contributed by atoms with Crippen molar-refractivity contribution in [3.05, 3.63) is 47.7 Å². The zero-order chi connectivity index (χ0) is 13.5. The minimum absolute atomic E-state index is 0.0650. The maximum atomic E-state index is 9.16. The Hall–Kier alpha value is -2.14. The number of aliphatic hydroxyl groups is 1. The Kier molecular flexibility index (Phi) is 2.60. The van der Waals surface area contributed by atoms with Gasteiger partial charge in [-0.25, -0.2) is 0 Å². The highest BCUT2D eigenvalue weighted by Crippen LogP contribution is 2.38. The van der Waals surface area contributed by atoms with Gasteiger partial charge >= 0.3 is 0 Å². The van der Waals surface area contributed by atoms with Crippen LogP contribution in [-0.2, 0) is 13.2 Å². The van der Waals surface area contributed by atoms with Gasteiger partial charge in [0.1, 0.15) is 6.54 Å². The third kappa shape index (κ3) is 2.00. The van der Waals surface area contributed by atoms with Crippen molar-refractivity contribution in [2.75, 3.05) is 0 Å². The summed E-state index contributed by atoms with van der Waals surface area (Å²) < 4.78 is 7.40. The molecule has 5 heteroatoms. The number of nitrogens with zero attached hydrogens (tertiary/aromatic N) is 3. The van der Waals surface area contributed by atoms with Gasteiger partial charge in [-0.2, -0.15) is 4.98 Å². The molecule has 0 bridgehead atoms. The summed E-state index contributed by atoms with van der Waals surface area (Å²) in [6.07, 6.45) is 4.36. The summed E-state index contributed by atoms with van der Waals surface area (Å²) in [7, 11) is 0. The van der Waals surface area contributed by atoms with Gasteiger partial charge < -0.3 is 14.2 Å². The van der Waals surface area contributed by atoms with E-state index in [9.17, 15) is 0 Å². The molecular weight excluding hydrogens is 254 g/mol. The highest BCUT2D eigenvalue weighted by atomic mass is 16.5. The largest absolute Gasteiger partial charge is 0.392 e. The Morgan fingerprint density at radius 2 is 2.20 bits per heavy atom. The Morgan fingerprint density at radius 1 is 1.30 bits per heavy atom. The molecule has 0 spiro atoms. The van der Waals surface area contributed by atoms with Crippen molar-refractivity contribution in [1.29, 1.82) is 0 Å². The van der Waals surface area contributed by atoms with Gasteiger partial charge in [-0.1, -0.05) is 11.2 Å². The molecule has 0 unspecified atom stereocenters. The number of aliphatic hydroxyl groups excluding tert-OH is 1. The van der Waals surface area contributed by atoms with Crippen molar-refractivity contribution < 1.29 is 9.63 Å². The molecule has 1 saturated carbocycles. The van der Waals surface area contributed by atoms with Crippen LogP contribution in [0.3, 0.4) is 0 Å². The molecule has 102 valence electrons. The molecule has 4 rings (SSSR count). The lowest BCUT2D eigenvalue weighted by atomic mass is 10.2. The molecule has 0 amide bonds. The fraction of sp³-hybridized carbons (Fsp3) is 0.333. The minimum Gasteiger partial charge on any atom is -0.392 e. The number of aromatic nitrogens is 3. The molecule has 1 fully saturated rings. The van der Waals surface area contributed by atoms with Gasteiger partial charge in [0, 0.05) is 17.6 Å². The zero-order valence-corrected chi connectivity index (χ0v) is 11.0. The second-order valence-electron chi connectivity index (χ2n) is 5.32. The molecule has 2 aromatic heterocycles. The first-order chi connectivity index (χ1) is 9.83. The Morgan fingerprint density at radius 3 is 3.00 bits per heavy atom. The van der Waals surface area contributed by atoms with Crippen molar-refractivity contribution in [3.63, 3.8) is 0 Å². The average molecular weight is 269 g/mol. The molecule has 0 saturated heterocycles. The predicted octanol–water partition coefficient (Wildman–Crippen LogP) is 2.44. The molecular formula is C15H15N3O2. The Balaban J connectivity index is 1.63. The van der Waals surface area contributed by atoms with Gasteiger partial charge in [-0.05, 0) is 42.0 Å². The normalized spacial score (nSPS) is 15.1. The number of hydrogen-bond acceptors (Lipinski definition) is 4. The molecule has 5 nitrogen and oxygen atoms in total. The number of hydrogen-bond donors (Lipinski definition) is 1. The van der Waals surface area contributed by atoms with Crippen molar-refractivity contribution in [2.24, 2.45) is 0 Å². The second-order valence-corrected chi connectivity index (χ2v) is 5.32. The van der Waals surface area contributed by atoms with Crippen molar-refractivity contribution in [2.45, 2.75) is 31.9 Å². The molecule has 1 N–H and O–H groups in total. The minimum atomic E-state index is 0.0650. The van der Waals surface area contributed by atoms with Gasteiger partial charge in [0.25, 0.3) is 0 Å². The van der Waals surface area contributed by atoms with Crippen LogP contribution in [-0.4, -0.2) is 19.8 Å². The molecule has 0 atom stereocenters. The van der Waals surface area contributed by atoms with Crippen molar-refractivity contribution in [3.8, 4) is 0 Å². The predicted molar refractivity (Wildman–Crippen MR) is 73.2 cm³/mol. The summed E-state index contributed by atoms with van der Waals surface area (Å²) in [6.45, 7) is 0.650. The van der Waals surface area contributed by atoms with E-state index in [1.807, 2.05) is 30.5 Å². The monoisotopic (exact) mass is 269 g/mol. The highest BCUT2D eigenvalue weighted by Gasteiger charge is 2.28. The van der Waals surface area contributed by atoms with E-state index in [2.05, 4.69) is 14.7 Å². The third-order valence-corrected chi connectivity index (χ3v) is 3.75. The Bertz CT molecular complexity index is 755. The maximum Gasteiger partial charge on any atom is 0.246 e. The molecule has 1 aliphatic carbocycles. The van der Waals surface area contributed by atoms with Crippen molar-refractivity contribution in [1.82, 2.24) is 14.7 Å². The smallest absolute Gasteiger partial charge is 0.246 e. The number of benzene rings is 1. The standard InChI is InChI=1S/C15H15N3O2/c19-9-10-1-4-13-12(7-10)5-6-18(13)8-14-16-15(17-20-14)11-2-3-11/h1,4-7,11,19H,2-3,8-9H2. The number of fused-ring (bicyclic) bond motifs is 1. The topological polar surface area (TPSA) is 64.1 Å². The fourth-order valence-corrected chi connectivity index (χ4v) is 2.47. The van der Waals surface area contributed by atoms with Gasteiger partial charge in [-0.3, -0.25) is 0 Å². The summed E-state index contributed by atoms with van der Waals surface area (Å²) in [5, 5.41) is 14.3. The van der Waals surface area contributed by atoms with E-state index >= 15 is 0 Å². The second kappa shape index (κ2) is 4.45. The highest BCUT2D eigenvalue weighted by molar-refractivity contribution is 5.80. The third-order valence-electron chi connectivity index (χ3n) is 3.75. The summed E-state index contributed by atoms with van der Waals surface area (Å²) >= 11 is 0. The van der Waals surface area contributed by atoms with E-state index in [0.717, 1.165) is 22.3 Å². The fourth-order valence-electron chi connectivity index (χ4n) is 2.47. The van der Waals surface area contributed by atoms with Crippen LogP contribution in [0.5, 0.6) is 0 Å². The zero-order valence-electron chi connectivity index (χ0n) is 11.0. The van der Waals surface area contributed by atoms with E-state index in [1.54, 1.807) is 0 Å². The molecule has 20 heavy (non-hydrogen) atoms. The van der Waals surface area contributed by atoms with Crippen LogP contribution in [0.4, 0.5) is 0 Å². The summed E-state index contributed by atoms with van der Waals surface area (Å²) in [5.74, 6) is 2.01. The van der Waals surface area contributed by atoms with E-state index in [-0.39, 0.29) is 6.61 Å². The van der Waals surface area contributed by atoms with Gasteiger partial charge in [0.2, 0.25) is 5.89 Å². The molecule has 0 aliphatic heterocycles. The first kappa shape index (κ1) is 11.7. The summed E-state index contributed by atoms with van der Waals surface area (Å²) in [4.78, 5) is 4.45. The Labute approximate surface area is 115 Å². The SMILES string of the molecule is OCc1ccc2c(ccn2Cc2nc(C3CC3)no2)c1. The molecule has 1 aliphatic rings. The molecule has 0 radical (unpaired) electrons. The van der Waals surface area contributed by atoms with E-state index in [0.29, 0.717) is 18.4 Å². The van der Waals surface area contributed by atoms with E-state index in [4.69, 9.17) is 9.63 Å². The van der Waals surface area contributed by atoms with Gasteiger partial charge in [0.15, 0.2) is 5.82 Å². The molecule has 2 heterocycles. The van der Waals surface area contributed by atoms with Crippen LogP contribution >= 0.6 is 0 Å².